The zero-order chi connectivity index (χ0) is 16.8. The van der Waals surface area contributed by atoms with Crippen LogP contribution in [0.5, 0.6) is 5.75 Å². The number of hydrogen-bond acceptors (Lipinski definition) is 4. The van der Waals surface area contributed by atoms with Crippen molar-refractivity contribution in [3.05, 3.63) is 59.9 Å². The first kappa shape index (κ1) is 15.7. The fraction of sp³-hybridized carbons (Fsp3) is 0.167. The minimum absolute atomic E-state index is 0.0948. The first-order valence-electron chi connectivity index (χ1n) is 7.63. The zero-order valence-electron chi connectivity index (χ0n) is 13.0. The summed E-state index contributed by atoms with van der Waals surface area (Å²) in [7, 11) is 0. The van der Waals surface area contributed by atoms with Crippen molar-refractivity contribution in [2.75, 3.05) is 13.2 Å². The van der Waals surface area contributed by atoms with Gasteiger partial charge in [0.1, 0.15) is 17.9 Å². The van der Waals surface area contributed by atoms with Gasteiger partial charge in [-0.25, -0.2) is 4.98 Å². The monoisotopic (exact) mass is 323 g/mol. The van der Waals surface area contributed by atoms with Crippen LogP contribution in [0.1, 0.15) is 16.2 Å². The molecule has 0 bridgehead atoms. The lowest BCUT2D eigenvalue weighted by atomic mass is 10.2. The van der Waals surface area contributed by atoms with Crippen LogP contribution in [0.4, 0.5) is 0 Å². The minimum Gasteiger partial charge on any atom is -0.484 e. The maximum absolute atomic E-state index is 11.8. The molecule has 1 amide bonds. The Labute approximate surface area is 138 Å². The topological polar surface area (TPSA) is 84.1 Å². The average Bonchev–Trinajstić information content (AvgIpc) is 3.03. The lowest BCUT2D eigenvalue weighted by Gasteiger charge is -2.07. The van der Waals surface area contributed by atoms with Crippen molar-refractivity contribution in [2.24, 2.45) is 0 Å². The molecule has 6 heteroatoms. The highest BCUT2D eigenvalue weighted by Crippen LogP contribution is 2.12. The fourth-order valence-corrected chi connectivity index (χ4v) is 2.32. The molecule has 0 atom stereocenters. The summed E-state index contributed by atoms with van der Waals surface area (Å²) < 4.78 is 5.37. The van der Waals surface area contributed by atoms with Gasteiger partial charge >= 0.3 is 0 Å². The molecule has 0 saturated heterocycles. The number of para-hydroxylation sites is 2. The summed E-state index contributed by atoms with van der Waals surface area (Å²) >= 11 is 0. The van der Waals surface area contributed by atoms with E-state index in [1.54, 1.807) is 24.3 Å². The van der Waals surface area contributed by atoms with Gasteiger partial charge in [0.25, 0.3) is 5.91 Å². The van der Waals surface area contributed by atoms with Crippen molar-refractivity contribution in [1.82, 2.24) is 15.3 Å². The molecule has 0 radical (unpaired) electrons. The number of imidazole rings is 1. The van der Waals surface area contributed by atoms with E-state index in [2.05, 4.69) is 15.3 Å². The number of benzene rings is 2. The molecular formula is C18H17N3O3. The lowest BCUT2D eigenvalue weighted by molar-refractivity contribution is -0.123. The largest absolute Gasteiger partial charge is 0.484 e. The second-order valence-corrected chi connectivity index (χ2v) is 5.28. The Bertz CT molecular complexity index is 824. The van der Waals surface area contributed by atoms with Gasteiger partial charge in [-0.15, -0.1) is 0 Å². The summed E-state index contributed by atoms with van der Waals surface area (Å²) in [5, 5.41) is 2.78. The predicted molar refractivity (Wildman–Crippen MR) is 90.1 cm³/mol. The molecule has 2 aromatic carbocycles. The van der Waals surface area contributed by atoms with Crippen molar-refractivity contribution in [2.45, 2.75) is 6.42 Å². The molecule has 122 valence electrons. The third kappa shape index (κ3) is 3.98. The molecule has 2 N–H and O–H groups in total. The van der Waals surface area contributed by atoms with Crippen LogP contribution < -0.4 is 10.1 Å². The van der Waals surface area contributed by atoms with Gasteiger partial charge in [-0.1, -0.05) is 24.3 Å². The second kappa shape index (κ2) is 7.41. The highest BCUT2D eigenvalue weighted by Gasteiger charge is 2.05. The van der Waals surface area contributed by atoms with Crippen molar-refractivity contribution in [3.8, 4) is 5.75 Å². The molecule has 6 nitrogen and oxygen atoms in total. The first-order valence-corrected chi connectivity index (χ1v) is 7.63. The number of H-pyrrole nitrogens is 1. The van der Waals surface area contributed by atoms with E-state index in [4.69, 9.17) is 4.74 Å². The van der Waals surface area contributed by atoms with Gasteiger partial charge in [-0.05, 0) is 24.3 Å². The molecule has 24 heavy (non-hydrogen) atoms. The zero-order valence-corrected chi connectivity index (χ0v) is 13.0. The van der Waals surface area contributed by atoms with E-state index in [-0.39, 0.29) is 12.5 Å². The molecule has 0 spiro atoms. The van der Waals surface area contributed by atoms with Crippen LogP contribution in [-0.2, 0) is 11.2 Å². The second-order valence-electron chi connectivity index (χ2n) is 5.28. The summed E-state index contributed by atoms with van der Waals surface area (Å²) in [5.74, 6) is 1.10. The van der Waals surface area contributed by atoms with Crippen LogP contribution in [-0.4, -0.2) is 35.3 Å². The number of amides is 1. The van der Waals surface area contributed by atoms with E-state index in [1.165, 1.54) is 0 Å². The number of hydrogen-bond donors (Lipinski definition) is 2. The summed E-state index contributed by atoms with van der Waals surface area (Å²) in [5.41, 5.74) is 2.41. The van der Waals surface area contributed by atoms with E-state index in [1.807, 2.05) is 24.3 Å². The first-order chi connectivity index (χ1) is 11.7. The number of fused-ring (bicyclic) bond motifs is 1. The molecule has 0 aliphatic carbocycles. The third-order valence-electron chi connectivity index (χ3n) is 3.49. The van der Waals surface area contributed by atoms with Crippen molar-refractivity contribution in [1.29, 1.82) is 0 Å². The molecule has 0 unspecified atom stereocenters. The summed E-state index contributed by atoms with van der Waals surface area (Å²) in [6.07, 6.45) is 1.35. The lowest BCUT2D eigenvalue weighted by Crippen LogP contribution is -2.30. The van der Waals surface area contributed by atoms with Gasteiger partial charge in [0.05, 0.1) is 11.0 Å². The number of aromatic nitrogens is 2. The Kier molecular flexibility index (Phi) is 4.86. The normalized spacial score (nSPS) is 10.5. The molecule has 0 aliphatic heterocycles. The number of nitrogens with zero attached hydrogens (tertiary/aromatic N) is 1. The predicted octanol–water partition coefficient (Wildman–Crippen LogP) is 2.11. The van der Waals surface area contributed by atoms with Gasteiger partial charge in [0.2, 0.25) is 0 Å². The van der Waals surface area contributed by atoms with Gasteiger partial charge < -0.3 is 15.0 Å². The number of nitrogens with one attached hydrogen (secondary N) is 2. The van der Waals surface area contributed by atoms with Gasteiger partial charge in [-0.3, -0.25) is 9.59 Å². The van der Waals surface area contributed by atoms with E-state index in [0.717, 1.165) is 23.1 Å². The van der Waals surface area contributed by atoms with Crippen LogP contribution in [0.15, 0.2) is 48.5 Å². The summed E-state index contributed by atoms with van der Waals surface area (Å²) in [6.45, 7) is 0.374. The molecule has 0 fully saturated rings. The molecular weight excluding hydrogens is 306 g/mol. The molecule has 1 heterocycles. The number of aromatic amines is 1. The van der Waals surface area contributed by atoms with Crippen LogP contribution >= 0.6 is 0 Å². The quantitative estimate of drug-likeness (QED) is 0.652. The highest BCUT2D eigenvalue weighted by atomic mass is 16.5. The SMILES string of the molecule is O=Cc1cccc(OCC(=O)NCCc2nc3ccccc3[nH]2)c1. The van der Waals surface area contributed by atoms with Gasteiger partial charge in [0.15, 0.2) is 6.61 Å². The standard InChI is InChI=1S/C18H17N3O3/c22-11-13-4-3-5-14(10-13)24-12-18(23)19-9-8-17-20-15-6-1-2-7-16(15)21-17/h1-7,10-11H,8-9,12H2,(H,19,23)(H,20,21). The maximum atomic E-state index is 11.8. The van der Waals surface area contributed by atoms with Gasteiger partial charge in [0, 0.05) is 18.5 Å². The van der Waals surface area contributed by atoms with E-state index >= 15 is 0 Å². The molecule has 0 aliphatic rings. The molecule has 0 saturated carbocycles. The molecule has 1 aromatic heterocycles. The van der Waals surface area contributed by atoms with Crippen LogP contribution in [0.2, 0.25) is 0 Å². The summed E-state index contributed by atoms with van der Waals surface area (Å²) in [6, 6.07) is 14.5. The van der Waals surface area contributed by atoms with E-state index < -0.39 is 0 Å². The highest BCUT2D eigenvalue weighted by molar-refractivity contribution is 5.78. The Morgan fingerprint density at radius 2 is 2.08 bits per heavy atom. The van der Waals surface area contributed by atoms with E-state index in [0.29, 0.717) is 24.3 Å². The fourth-order valence-electron chi connectivity index (χ4n) is 2.32. The van der Waals surface area contributed by atoms with E-state index in [9.17, 15) is 9.59 Å². The Hall–Kier alpha value is -3.15. The van der Waals surface area contributed by atoms with Crippen LogP contribution in [0, 0.1) is 0 Å². The number of ether oxygens (including phenoxy) is 1. The van der Waals surface area contributed by atoms with Crippen molar-refractivity contribution in [3.63, 3.8) is 0 Å². The molecule has 3 rings (SSSR count). The average molecular weight is 323 g/mol. The van der Waals surface area contributed by atoms with Crippen LogP contribution in [0.3, 0.4) is 0 Å². The number of carbonyl (C=O) groups excluding carboxylic acids is 2. The number of rotatable bonds is 7. The maximum Gasteiger partial charge on any atom is 0.257 e. The third-order valence-corrected chi connectivity index (χ3v) is 3.49. The van der Waals surface area contributed by atoms with Crippen LogP contribution in [0.25, 0.3) is 11.0 Å². The van der Waals surface area contributed by atoms with Crippen molar-refractivity contribution < 1.29 is 14.3 Å². The number of aldehydes is 1. The Morgan fingerprint density at radius 3 is 2.92 bits per heavy atom. The van der Waals surface area contributed by atoms with Gasteiger partial charge in [-0.2, -0.15) is 0 Å². The Morgan fingerprint density at radius 1 is 1.21 bits per heavy atom. The van der Waals surface area contributed by atoms with Crippen molar-refractivity contribution >= 4 is 23.2 Å². The summed E-state index contributed by atoms with van der Waals surface area (Å²) in [4.78, 5) is 30.2. The Balaban J connectivity index is 1.44. The molecule has 3 aromatic rings. The number of carbonyl (C=O) groups is 2. The smallest absolute Gasteiger partial charge is 0.257 e. The minimum atomic E-state index is -0.220.